The van der Waals surface area contributed by atoms with E-state index in [1.54, 1.807) is 0 Å². The maximum atomic E-state index is 12.5. The van der Waals surface area contributed by atoms with Crippen molar-refractivity contribution in [1.82, 2.24) is 9.80 Å². The second kappa shape index (κ2) is 8.61. The molecular formula is C15H23F2N3O3. The average molecular weight is 331 g/mol. The highest BCUT2D eigenvalue weighted by Gasteiger charge is 2.25. The van der Waals surface area contributed by atoms with Crippen LogP contribution in [0.1, 0.15) is 19.8 Å². The molecule has 23 heavy (non-hydrogen) atoms. The molecule has 1 fully saturated rings. The summed E-state index contributed by atoms with van der Waals surface area (Å²) < 4.78 is 29.3. The number of hydrogen-bond donors (Lipinski definition) is 0. The Morgan fingerprint density at radius 1 is 1.43 bits per heavy atom. The van der Waals surface area contributed by atoms with Crippen LogP contribution < -0.4 is 0 Å². The summed E-state index contributed by atoms with van der Waals surface area (Å²) in [4.78, 5) is 14.3. The van der Waals surface area contributed by atoms with E-state index in [1.165, 1.54) is 13.0 Å². The zero-order valence-electron chi connectivity index (χ0n) is 13.7. The molecule has 1 saturated heterocycles. The van der Waals surface area contributed by atoms with Gasteiger partial charge < -0.3 is 14.5 Å². The first-order valence-corrected chi connectivity index (χ1v) is 7.34. The minimum Gasteiger partial charge on any atom is -0.427 e. The summed E-state index contributed by atoms with van der Waals surface area (Å²) in [6, 6.07) is 0.463. The number of ether oxygens (including phenoxy) is 1. The minimum atomic E-state index is -3.14. The quantitative estimate of drug-likeness (QED) is 0.311. The average Bonchev–Trinajstić information content (AvgIpc) is 2.46. The lowest BCUT2D eigenvalue weighted by atomic mass is 10.0. The fourth-order valence-corrected chi connectivity index (χ4v) is 2.51. The molecule has 0 atom stereocenters. The van der Waals surface area contributed by atoms with Gasteiger partial charge in [0, 0.05) is 30.9 Å². The lowest BCUT2D eigenvalue weighted by Crippen LogP contribution is -2.41. The Kier molecular flexibility index (Phi) is 7.15. The largest absolute Gasteiger partial charge is 0.427 e. The van der Waals surface area contributed by atoms with Crippen LogP contribution >= 0.6 is 0 Å². The van der Waals surface area contributed by atoms with Crippen LogP contribution in [0.3, 0.4) is 0 Å². The van der Waals surface area contributed by atoms with E-state index in [4.69, 9.17) is 0 Å². The van der Waals surface area contributed by atoms with Crippen molar-refractivity contribution in [2.75, 3.05) is 27.2 Å². The molecule has 0 N–H and O–H groups in total. The van der Waals surface area contributed by atoms with Gasteiger partial charge in [0.05, 0.1) is 4.92 Å². The van der Waals surface area contributed by atoms with Crippen molar-refractivity contribution in [2.24, 2.45) is 0 Å². The fourth-order valence-electron chi connectivity index (χ4n) is 2.51. The van der Waals surface area contributed by atoms with Gasteiger partial charge in [-0.2, -0.15) is 8.78 Å². The first-order chi connectivity index (χ1) is 10.8. The molecule has 0 bridgehead atoms. The molecule has 130 valence electrons. The Hall–Kier alpha value is -1.96. The number of rotatable bonds is 7. The Morgan fingerprint density at radius 2 is 2.00 bits per heavy atom. The van der Waals surface area contributed by atoms with E-state index >= 15 is 0 Å². The van der Waals surface area contributed by atoms with E-state index in [0.717, 1.165) is 18.9 Å². The molecule has 1 heterocycles. The van der Waals surface area contributed by atoms with Gasteiger partial charge in [0.15, 0.2) is 0 Å². The first kappa shape index (κ1) is 19.1. The normalized spacial score (nSPS) is 17.8. The molecule has 0 aromatic rings. The van der Waals surface area contributed by atoms with Crippen LogP contribution in [-0.4, -0.2) is 54.6 Å². The molecule has 0 spiro atoms. The monoisotopic (exact) mass is 331 g/mol. The number of allylic oxidation sites excluding steroid dienone is 2. The van der Waals surface area contributed by atoms with Gasteiger partial charge in [-0.25, -0.2) is 0 Å². The van der Waals surface area contributed by atoms with Gasteiger partial charge in [-0.1, -0.05) is 6.58 Å². The van der Waals surface area contributed by atoms with Crippen molar-refractivity contribution in [1.29, 1.82) is 0 Å². The Labute approximate surface area is 134 Å². The molecule has 6 nitrogen and oxygen atoms in total. The molecule has 0 saturated carbocycles. The summed E-state index contributed by atoms with van der Waals surface area (Å²) >= 11 is 0. The molecule has 8 heteroatoms. The molecule has 0 aliphatic carbocycles. The van der Waals surface area contributed by atoms with Crippen LogP contribution in [0.15, 0.2) is 35.9 Å². The molecular weight excluding hydrogens is 308 g/mol. The lowest BCUT2D eigenvalue weighted by molar-refractivity contribution is -0.425. The van der Waals surface area contributed by atoms with Crippen LogP contribution in [0.25, 0.3) is 0 Å². The fraction of sp³-hybridized carbons (Fsp3) is 0.600. The van der Waals surface area contributed by atoms with Crippen molar-refractivity contribution in [2.45, 2.75) is 32.4 Å². The number of piperidine rings is 1. The van der Waals surface area contributed by atoms with Gasteiger partial charge in [0.2, 0.25) is 5.76 Å². The van der Waals surface area contributed by atoms with Gasteiger partial charge in [0.25, 0.3) is 0 Å². The van der Waals surface area contributed by atoms with Crippen molar-refractivity contribution < 1.29 is 18.4 Å². The highest BCUT2D eigenvalue weighted by atomic mass is 19.3. The Balaban J connectivity index is 2.86. The third-order valence-electron chi connectivity index (χ3n) is 3.84. The molecule has 0 aromatic carbocycles. The lowest BCUT2D eigenvalue weighted by Gasteiger charge is -2.36. The molecule has 0 amide bonds. The van der Waals surface area contributed by atoms with Crippen LogP contribution in [-0.2, 0) is 4.74 Å². The summed E-state index contributed by atoms with van der Waals surface area (Å²) in [5, 5.41) is 11.0. The summed E-state index contributed by atoms with van der Waals surface area (Å²) in [5.74, 6) is -0.479. The zero-order valence-corrected chi connectivity index (χ0v) is 13.7. The van der Waals surface area contributed by atoms with Crippen LogP contribution in [0.2, 0.25) is 0 Å². The summed E-state index contributed by atoms with van der Waals surface area (Å²) in [5.41, 5.74) is -0.0753. The minimum absolute atomic E-state index is 0.430. The van der Waals surface area contributed by atoms with E-state index in [-0.39, 0.29) is 0 Å². The van der Waals surface area contributed by atoms with Crippen LogP contribution in [0, 0.1) is 10.1 Å². The van der Waals surface area contributed by atoms with Crippen LogP contribution in [0.4, 0.5) is 8.78 Å². The SMILES string of the molecule is C=C(/C=C(OC(F)F)\C(=C/C)[N+](=O)[O-])N1CCC(N(C)C)CC1. The van der Waals surface area contributed by atoms with E-state index in [0.29, 0.717) is 24.8 Å². The highest BCUT2D eigenvalue weighted by molar-refractivity contribution is 5.27. The molecule has 1 rings (SSSR count). The maximum absolute atomic E-state index is 12.5. The van der Waals surface area contributed by atoms with Gasteiger partial charge in [-0.3, -0.25) is 10.1 Å². The number of hydrogen-bond acceptors (Lipinski definition) is 5. The number of halogens is 2. The third-order valence-corrected chi connectivity index (χ3v) is 3.84. The van der Waals surface area contributed by atoms with Crippen molar-refractivity contribution in [3.8, 4) is 0 Å². The number of alkyl halides is 2. The van der Waals surface area contributed by atoms with E-state index in [9.17, 15) is 18.9 Å². The van der Waals surface area contributed by atoms with Gasteiger partial charge in [-0.05, 0) is 39.9 Å². The second-order valence-corrected chi connectivity index (χ2v) is 5.49. The Morgan fingerprint density at radius 3 is 2.39 bits per heavy atom. The van der Waals surface area contributed by atoms with Crippen molar-refractivity contribution in [3.05, 3.63) is 46.0 Å². The molecule has 0 unspecified atom stereocenters. The van der Waals surface area contributed by atoms with Gasteiger partial charge in [0.1, 0.15) is 0 Å². The summed E-state index contributed by atoms with van der Waals surface area (Å²) in [6.45, 7) is 3.52. The summed E-state index contributed by atoms with van der Waals surface area (Å²) in [7, 11) is 4.03. The molecule has 0 aromatic heterocycles. The topological polar surface area (TPSA) is 58.9 Å². The number of nitro groups is 1. The second-order valence-electron chi connectivity index (χ2n) is 5.49. The highest BCUT2D eigenvalue weighted by Crippen LogP contribution is 2.22. The molecule has 1 aliphatic heterocycles. The molecule has 1 aliphatic rings. The van der Waals surface area contributed by atoms with Gasteiger partial charge in [-0.15, -0.1) is 0 Å². The predicted octanol–water partition coefficient (Wildman–Crippen LogP) is 2.83. The van der Waals surface area contributed by atoms with E-state index < -0.39 is 23.0 Å². The number of likely N-dealkylation sites (tertiary alicyclic amines) is 1. The van der Waals surface area contributed by atoms with Gasteiger partial charge >= 0.3 is 12.3 Å². The maximum Gasteiger partial charge on any atom is 0.387 e. The predicted molar refractivity (Wildman–Crippen MR) is 83.3 cm³/mol. The zero-order chi connectivity index (χ0) is 17.6. The van der Waals surface area contributed by atoms with Crippen molar-refractivity contribution >= 4 is 0 Å². The first-order valence-electron chi connectivity index (χ1n) is 7.34. The smallest absolute Gasteiger partial charge is 0.387 e. The molecule has 0 radical (unpaired) electrons. The standard InChI is InChI=1S/C15H23F2N3O3/c1-5-13(20(21)22)14(23-15(16)17)10-11(2)19-8-6-12(7-9-19)18(3)4/h5,10,12,15H,2,6-9H2,1,3-4H3/b13-5+,14-10+. The number of nitrogens with zero attached hydrogens (tertiary/aromatic N) is 3. The van der Waals surface area contributed by atoms with Crippen LogP contribution in [0.5, 0.6) is 0 Å². The Bertz CT molecular complexity index is 496. The summed E-state index contributed by atoms with van der Waals surface area (Å²) in [6.07, 6.45) is 4.16. The van der Waals surface area contributed by atoms with E-state index in [2.05, 4.69) is 16.2 Å². The van der Waals surface area contributed by atoms with E-state index in [1.807, 2.05) is 19.0 Å². The van der Waals surface area contributed by atoms with Crippen molar-refractivity contribution in [3.63, 3.8) is 0 Å². The third kappa shape index (κ3) is 5.63.